The molecule has 0 aliphatic carbocycles. The Bertz CT molecular complexity index is 975. The molecule has 0 aliphatic heterocycles. The Kier molecular flexibility index (Phi) is 38.6. The summed E-state index contributed by atoms with van der Waals surface area (Å²) in [7, 11) is 0. The van der Waals surface area contributed by atoms with Crippen LogP contribution in [0.5, 0.6) is 0 Å². The lowest BCUT2D eigenvalue weighted by Crippen LogP contribution is -2.30. The first-order valence-corrected chi connectivity index (χ1v) is 21.3. The molecule has 0 radical (unpaired) electrons. The summed E-state index contributed by atoms with van der Waals surface area (Å²) >= 11 is 0. The fourth-order valence-electron chi connectivity index (χ4n) is 5.49. The minimum absolute atomic E-state index is 0.0951. The quantitative estimate of drug-likeness (QED) is 0.0208. The normalized spacial score (nSPS) is 12.6. The number of ether oxygens (including phenoxy) is 3. The zero-order valence-electron chi connectivity index (χ0n) is 33.8. The van der Waals surface area contributed by atoms with Crippen molar-refractivity contribution in [3.8, 4) is 0 Å². The molecule has 6 heteroatoms. The van der Waals surface area contributed by atoms with E-state index in [1.54, 1.807) is 0 Å². The van der Waals surface area contributed by atoms with E-state index in [2.05, 4.69) is 81.5 Å². The van der Waals surface area contributed by atoms with Crippen LogP contribution < -0.4 is 0 Å². The summed E-state index contributed by atoms with van der Waals surface area (Å²) in [6.07, 6.45) is 47.8. The lowest BCUT2D eigenvalue weighted by atomic mass is 10.1. The molecule has 298 valence electrons. The molecule has 0 aromatic rings. The van der Waals surface area contributed by atoms with Crippen molar-refractivity contribution in [3.05, 3.63) is 60.8 Å². The average Bonchev–Trinajstić information content (AvgIpc) is 3.14. The van der Waals surface area contributed by atoms with Crippen molar-refractivity contribution in [3.63, 3.8) is 0 Å². The monoisotopic (exact) mass is 727 g/mol. The van der Waals surface area contributed by atoms with Gasteiger partial charge in [-0.2, -0.15) is 0 Å². The fraction of sp³-hybridized carbons (Fsp3) is 0.717. The highest BCUT2D eigenvalue weighted by Crippen LogP contribution is 2.12. The molecule has 6 nitrogen and oxygen atoms in total. The second-order valence-electron chi connectivity index (χ2n) is 13.9. The Balaban J connectivity index is 4.46. The first kappa shape index (κ1) is 49.1. The van der Waals surface area contributed by atoms with Gasteiger partial charge in [-0.25, -0.2) is 0 Å². The van der Waals surface area contributed by atoms with Crippen LogP contribution in [0, 0.1) is 0 Å². The summed E-state index contributed by atoms with van der Waals surface area (Å²) in [5.74, 6) is -0.956. The van der Waals surface area contributed by atoms with Crippen LogP contribution >= 0.6 is 0 Å². The molecule has 0 bridgehead atoms. The summed E-state index contributed by atoms with van der Waals surface area (Å²) < 4.78 is 16.6. The smallest absolute Gasteiger partial charge is 0.306 e. The lowest BCUT2D eigenvalue weighted by Gasteiger charge is -2.18. The highest BCUT2D eigenvalue weighted by atomic mass is 16.6. The van der Waals surface area contributed by atoms with Gasteiger partial charge in [0.25, 0.3) is 0 Å². The second-order valence-corrected chi connectivity index (χ2v) is 13.9. The van der Waals surface area contributed by atoms with Crippen molar-refractivity contribution in [2.45, 2.75) is 200 Å². The first-order chi connectivity index (χ1) is 25.5. The third-order valence-corrected chi connectivity index (χ3v) is 8.75. The molecule has 0 aromatic heterocycles. The van der Waals surface area contributed by atoms with Crippen LogP contribution in [-0.4, -0.2) is 37.2 Å². The average molecular weight is 727 g/mol. The summed E-state index contributed by atoms with van der Waals surface area (Å²) in [5.41, 5.74) is 0. The molecule has 0 N–H and O–H groups in total. The third kappa shape index (κ3) is 38.3. The highest BCUT2D eigenvalue weighted by Gasteiger charge is 2.19. The van der Waals surface area contributed by atoms with E-state index in [-0.39, 0.29) is 31.1 Å². The number of rotatable bonds is 37. The fourth-order valence-corrected chi connectivity index (χ4v) is 5.49. The van der Waals surface area contributed by atoms with Gasteiger partial charge in [-0.1, -0.05) is 152 Å². The minimum atomic E-state index is -0.793. The lowest BCUT2D eigenvalue weighted by molar-refractivity contribution is -0.167. The molecule has 0 heterocycles. The molecule has 0 aromatic carbocycles. The molecule has 0 saturated carbocycles. The predicted octanol–water partition coefficient (Wildman–Crippen LogP) is 13.4. The highest BCUT2D eigenvalue weighted by molar-refractivity contribution is 5.71. The van der Waals surface area contributed by atoms with Crippen LogP contribution in [0.4, 0.5) is 0 Å². The van der Waals surface area contributed by atoms with Crippen molar-refractivity contribution >= 4 is 17.9 Å². The first-order valence-electron chi connectivity index (χ1n) is 21.3. The SMILES string of the molecule is CC/C=C\C/C=C\CCCCCCCC(=O)OCC(COC(=O)CCCCCCC/C=C\CCCC)OC(=O)CCCCC/C=C\C=C/CCCC. The van der Waals surface area contributed by atoms with E-state index in [4.69, 9.17) is 14.2 Å². The zero-order chi connectivity index (χ0) is 38.0. The van der Waals surface area contributed by atoms with Gasteiger partial charge in [0.1, 0.15) is 13.2 Å². The van der Waals surface area contributed by atoms with Crippen LogP contribution in [0.25, 0.3) is 0 Å². The van der Waals surface area contributed by atoms with Crippen LogP contribution in [0.2, 0.25) is 0 Å². The van der Waals surface area contributed by atoms with Gasteiger partial charge in [-0.05, 0) is 83.5 Å². The third-order valence-electron chi connectivity index (χ3n) is 8.75. The van der Waals surface area contributed by atoms with Crippen molar-refractivity contribution in [1.29, 1.82) is 0 Å². The van der Waals surface area contributed by atoms with Crippen LogP contribution in [0.1, 0.15) is 194 Å². The van der Waals surface area contributed by atoms with E-state index in [0.717, 1.165) is 109 Å². The number of hydrogen-bond donors (Lipinski definition) is 0. The van der Waals surface area contributed by atoms with Gasteiger partial charge >= 0.3 is 17.9 Å². The molecule has 0 spiro atoms. The van der Waals surface area contributed by atoms with Gasteiger partial charge in [-0.3, -0.25) is 14.4 Å². The van der Waals surface area contributed by atoms with E-state index in [1.807, 2.05) is 0 Å². The number of carbonyl (C=O) groups is 3. The van der Waals surface area contributed by atoms with Gasteiger partial charge in [0.05, 0.1) is 0 Å². The van der Waals surface area contributed by atoms with Crippen molar-refractivity contribution in [1.82, 2.24) is 0 Å². The molecule has 0 saturated heterocycles. The van der Waals surface area contributed by atoms with E-state index in [0.29, 0.717) is 19.3 Å². The van der Waals surface area contributed by atoms with Gasteiger partial charge in [0.15, 0.2) is 6.10 Å². The summed E-state index contributed by atoms with van der Waals surface area (Å²) in [5, 5.41) is 0. The van der Waals surface area contributed by atoms with Gasteiger partial charge in [0.2, 0.25) is 0 Å². The van der Waals surface area contributed by atoms with Crippen LogP contribution in [0.3, 0.4) is 0 Å². The second kappa shape index (κ2) is 40.9. The Morgan fingerprint density at radius 3 is 1.33 bits per heavy atom. The summed E-state index contributed by atoms with van der Waals surface area (Å²) in [6, 6.07) is 0. The van der Waals surface area contributed by atoms with Crippen LogP contribution in [-0.2, 0) is 28.6 Å². The number of unbranched alkanes of at least 4 members (excludes halogenated alkanes) is 17. The Morgan fingerprint density at radius 2 is 0.808 bits per heavy atom. The molecule has 52 heavy (non-hydrogen) atoms. The maximum absolute atomic E-state index is 12.6. The number of esters is 3. The topological polar surface area (TPSA) is 78.9 Å². The van der Waals surface area contributed by atoms with Crippen LogP contribution in [0.15, 0.2) is 60.8 Å². The van der Waals surface area contributed by atoms with E-state index < -0.39 is 6.10 Å². The summed E-state index contributed by atoms with van der Waals surface area (Å²) in [4.78, 5) is 37.6. The molecule has 0 rings (SSSR count). The summed E-state index contributed by atoms with van der Waals surface area (Å²) in [6.45, 7) is 6.36. The molecule has 0 aliphatic rings. The number of allylic oxidation sites excluding steroid dienone is 10. The van der Waals surface area contributed by atoms with Crippen molar-refractivity contribution in [2.75, 3.05) is 13.2 Å². The molecule has 0 fully saturated rings. The largest absolute Gasteiger partial charge is 0.462 e. The zero-order valence-corrected chi connectivity index (χ0v) is 33.8. The Hall–Kier alpha value is -2.89. The Labute approximate surface area is 320 Å². The minimum Gasteiger partial charge on any atom is -0.462 e. The predicted molar refractivity (Wildman–Crippen MR) is 219 cm³/mol. The van der Waals surface area contributed by atoms with Crippen molar-refractivity contribution in [2.24, 2.45) is 0 Å². The van der Waals surface area contributed by atoms with Crippen molar-refractivity contribution < 1.29 is 28.6 Å². The van der Waals surface area contributed by atoms with Gasteiger partial charge in [-0.15, -0.1) is 0 Å². The maximum Gasteiger partial charge on any atom is 0.306 e. The van der Waals surface area contributed by atoms with E-state index >= 15 is 0 Å². The molecular formula is C46H78O6. The molecular weight excluding hydrogens is 648 g/mol. The van der Waals surface area contributed by atoms with Gasteiger partial charge < -0.3 is 14.2 Å². The number of carbonyl (C=O) groups excluding carboxylic acids is 3. The van der Waals surface area contributed by atoms with E-state index in [9.17, 15) is 14.4 Å². The maximum atomic E-state index is 12.6. The molecule has 0 amide bonds. The molecule has 1 unspecified atom stereocenters. The standard InChI is InChI=1S/C46H78O6/c1-4-7-10-13-16-19-22-25-27-30-33-36-39-45(48)51-42-43(52-46(49)40-37-34-31-28-24-21-18-15-12-9-6-3)41-50-44(47)38-35-32-29-26-23-20-17-14-11-8-5-2/h7,10,14-19,21,24,43H,4-6,8-9,11-13,20,22-23,25-42H2,1-3H3/b10-7-,17-14-,18-15-,19-16-,24-21-. The van der Waals surface area contributed by atoms with E-state index in [1.165, 1.54) is 44.9 Å². The van der Waals surface area contributed by atoms with Gasteiger partial charge in [0, 0.05) is 19.3 Å². The Morgan fingerprint density at radius 1 is 0.423 bits per heavy atom. The molecule has 1 atom stereocenters. The number of hydrogen-bond acceptors (Lipinski definition) is 6.